The first-order valence-corrected chi connectivity index (χ1v) is 27.1. The van der Waals surface area contributed by atoms with Crippen LogP contribution in [0.15, 0.2) is 11.8 Å². The third-order valence-electron chi connectivity index (χ3n) is 4.88. The van der Waals surface area contributed by atoms with Crippen LogP contribution in [0.4, 0.5) is 0 Å². The van der Waals surface area contributed by atoms with Gasteiger partial charge in [-0.2, -0.15) is 0 Å². The van der Waals surface area contributed by atoms with E-state index in [9.17, 15) is 14.4 Å². The third kappa shape index (κ3) is 14.2. The van der Waals surface area contributed by atoms with Crippen LogP contribution in [0.2, 0.25) is 78.6 Å². The van der Waals surface area contributed by atoms with E-state index in [4.69, 9.17) is 27.2 Å². The molecule has 0 bridgehead atoms. The van der Waals surface area contributed by atoms with Gasteiger partial charge in [0.05, 0.1) is 12.1 Å². The predicted octanol–water partition coefficient (Wildman–Crippen LogP) is 4.38. The van der Waals surface area contributed by atoms with E-state index in [1.165, 1.54) is 13.8 Å². The Morgan fingerprint density at radius 1 is 0.846 bits per heavy atom. The van der Waals surface area contributed by atoms with Crippen molar-refractivity contribution in [2.45, 2.75) is 123 Å². The summed E-state index contributed by atoms with van der Waals surface area (Å²) < 4.78 is 37.3. The SMILES string of the molecule is CC(=O)N[C@H]1[C@H]([C@H](O[Si](C)(C)C)[C@@H](COC(C)=O)O[Si](C)(C)C)OC(C(=O)O[Si](C)(C)C)=C[C@@H]1O[Si](C)(C)C. The molecular formula is C25H51NO9Si4. The van der Waals surface area contributed by atoms with Gasteiger partial charge < -0.3 is 32.5 Å². The van der Waals surface area contributed by atoms with Crippen LogP contribution in [0.5, 0.6) is 0 Å². The first-order valence-electron chi connectivity index (χ1n) is 13.4. The fourth-order valence-corrected chi connectivity index (χ4v) is 7.84. The van der Waals surface area contributed by atoms with Crippen molar-refractivity contribution in [1.29, 1.82) is 0 Å². The molecule has 1 amide bonds. The average Bonchev–Trinajstić information content (AvgIpc) is 2.66. The molecule has 0 spiro atoms. The maximum absolute atomic E-state index is 13.3. The summed E-state index contributed by atoms with van der Waals surface area (Å²) in [5.41, 5.74) is 0. The zero-order valence-electron chi connectivity index (χ0n) is 26.3. The van der Waals surface area contributed by atoms with Gasteiger partial charge >= 0.3 is 11.9 Å². The van der Waals surface area contributed by atoms with Gasteiger partial charge in [-0.1, -0.05) is 0 Å². The van der Waals surface area contributed by atoms with Gasteiger partial charge in [-0.15, -0.1) is 0 Å². The number of rotatable bonds is 13. The van der Waals surface area contributed by atoms with Crippen LogP contribution < -0.4 is 5.32 Å². The summed E-state index contributed by atoms with van der Waals surface area (Å²) >= 11 is 0. The molecule has 0 unspecified atom stereocenters. The minimum absolute atomic E-state index is 0.00990. The quantitative estimate of drug-likeness (QED) is 0.236. The number of esters is 1. The van der Waals surface area contributed by atoms with E-state index in [2.05, 4.69) is 5.32 Å². The standard InChI is InChI=1S/C25H51NO9Si4/c1-17(27)26-22-19(32-36(3,4)5)15-20(25(29)35-39(12,13)14)31-24(22)23(34-38(9,10)11)21(16-30-18(2)28)33-37(6,7)8/h15,19,21-24H,16H2,1-14H3,(H,26,27)/t19-,21+,22+,23+,24+/m0/s1. The van der Waals surface area contributed by atoms with Crippen LogP contribution >= 0.6 is 0 Å². The van der Waals surface area contributed by atoms with Crippen molar-refractivity contribution in [3.05, 3.63) is 11.8 Å². The second kappa shape index (κ2) is 13.6. The minimum atomic E-state index is -2.28. The number of ether oxygens (including phenoxy) is 2. The van der Waals surface area contributed by atoms with Crippen LogP contribution in [0.3, 0.4) is 0 Å². The largest absolute Gasteiger partial charge is 0.514 e. The molecule has 0 saturated carbocycles. The van der Waals surface area contributed by atoms with Gasteiger partial charge in [0.25, 0.3) is 0 Å². The third-order valence-corrected chi connectivity index (χ3v) is 8.65. The maximum Gasteiger partial charge on any atom is 0.360 e. The second-order valence-electron chi connectivity index (χ2n) is 13.8. The molecule has 39 heavy (non-hydrogen) atoms. The molecule has 1 heterocycles. The summed E-state index contributed by atoms with van der Waals surface area (Å²) in [4.78, 5) is 37.6. The second-order valence-corrected chi connectivity index (χ2v) is 31.6. The van der Waals surface area contributed by atoms with Gasteiger partial charge in [-0.05, 0) is 84.6 Å². The predicted molar refractivity (Wildman–Crippen MR) is 161 cm³/mol. The van der Waals surface area contributed by atoms with Gasteiger partial charge in [-0.3, -0.25) is 9.59 Å². The lowest BCUT2D eigenvalue weighted by atomic mass is 9.93. The number of carbonyl (C=O) groups is 3. The van der Waals surface area contributed by atoms with Crippen molar-refractivity contribution in [2.24, 2.45) is 0 Å². The molecular weight excluding hydrogens is 571 g/mol. The van der Waals surface area contributed by atoms with Gasteiger partial charge in [0.2, 0.25) is 20.0 Å². The van der Waals surface area contributed by atoms with Crippen LogP contribution in [0, 0.1) is 0 Å². The molecule has 14 heteroatoms. The summed E-state index contributed by atoms with van der Waals surface area (Å²) in [5, 5.41) is 2.99. The van der Waals surface area contributed by atoms with Crippen LogP contribution in [-0.4, -0.2) is 88.2 Å². The summed E-state index contributed by atoms with van der Waals surface area (Å²) in [6.45, 7) is 26.7. The van der Waals surface area contributed by atoms with E-state index in [0.29, 0.717) is 0 Å². The molecule has 5 atom stereocenters. The molecule has 0 fully saturated rings. The molecule has 0 aromatic rings. The molecule has 1 aliphatic rings. The van der Waals surface area contributed by atoms with Crippen molar-refractivity contribution in [3.63, 3.8) is 0 Å². The first kappa shape index (κ1) is 35.7. The highest BCUT2D eigenvalue weighted by Crippen LogP contribution is 2.32. The van der Waals surface area contributed by atoms with E-state index in [-0.39, 0.29) is 18.3 Å². The topological polar surface area (TPSA) is 119 Å². The fraction of sp³-hybridized carbons (Fsp3) is 0.800. The average molecular weight is 622 g/mol. The Morgan fingerprint density at radius 3 is 1.79 bits per heavy atom. The molecule has 0 aliphatic carbocycles. The lowest BCUT2D eigenvalue weighted by molar-refractivity contribution is -0.152. The lowest BCUT2D eigenvalue weighted by Gasteiger charge is -2.46. The van der Waals surface area contributed by atoms with Gasteiger partial charge in [0.1, 0.15) is 24.9 Å². The molecule has 10 nitrogen and oxygen atoms in total. The number of amides is 1. The molecule has 226 valence electrons. The van der Waals surface area contributed by atoms with Gasteiger partial charge in [-0.25, -0.2) is 4.79 Å². The molecule has 0 saturated heterocycles. The summed E-state index contributed by atoms with van der Waals surface area (Å²) in [6, 6.07) is -0.705. The van der Waals surface area contributed by atoms with E-state index in [1.807, 2.05) is 78.6 Å². The zero-order valence-corrected chi connectivity index (χ0v) is 30.3. The summed E-state index contributed by atoms with van der Waals surface area (Å²) in [6.07, 6.45) is -1.49. The van der Waals surface area contributed by atoms with Crippen molar-refractivity contribution in [3.8, 4) is 0 Å². The lowest BCUT2D eigenvalue weighted by Crippen LogP contribution is -2.64. The first-order chi connectivity index (χ1) is 17.4. The molecule has 1 aliphatic heterocycles. The maximum atomic E-state index is 13.3. The Labute approximate surface area is 239 Å². The van der Waals surface area contributed by atoms with Crippen molar-refractivity contribution in [2.75, 3.05) is 6.61 Å². The normalized spacial score (nSPS) is 22.2. The molecule has 0 aromatic heterocycles. The number of carbonyl (C=O) groups excluding carboxylic acids is 3. The molecule has 0 radical (unpaired) electrons. The Morgan fingerprint density at radius 2 is 1.38 bits per heavy atom. The number of hydrogen-bond acceptors (Lipinski definition) is 9. The Bertz CT molecular complexity index is 901. The van der Waals surface area contributed by atoms with Crippen molar-refractivity contribution >= 4 is 51.1 Å². The van der Waals surface area contributed by atoms with E-state index < -0.39 is 75.7 Å². The van der Waals surface area contributed by atoms with E-state index in [1.54, 1.807) is 6.08 Å². The van der Waals surface area contributed by atoms with E-state index in [0.717, 1.165) is 0 Å². The smallest absolute Gasteiger partial charge is 0.360 e. The minimum Gasteiger partial charge on any atom is -0.514 e. The van der Waals surface area contributed by atoms with Crippen LogP contribution in [0.25, 0.3) is 0 Å². The Hall–Kier alpha value is -1.30. The van der Waals surface area contributed by atoms with Gasteiger partial charge in [0, 0.05) is 13.8 Å². The van der Waals surface area contributed by atoms with Crippen LogP contribution in [0.1, 0.15) is 13.8 Å². The molecule has 1 N–H and O–H groups in total. The highest BCUT2D eigenvalue weighted by Gasteiger charge is 2.49. The van der Waals surface area contributed by atoms with Crippen LogP contribution in [-0.2, 0) is 41.6 Å². The highest BCUT2D eigenvalue weighted by molar-refractivity contribution is 6.71. The number of nitrogens with one attached hydrogen (secondary N) is 1. The fourth-order valence-electron chi connectivity index (χ4n) is 3.94. The highest BCUT2D eigenvalue weighted by atomic mass is 28.4. The molecule has 0 aromatic carbocycles. The summed E-state index contributed by atoms with van der Waals surface area (Å²) in [7, 11) is -8.91. The van der Waals surface area contributed by atoms with E-state index >= 15 is 0 Å². The monoisotopic (exact) mass is 621 g/mol. The Balaban J connectivity index is 3.80. The van der Waals surface area contributed by atoms with Gasteiger partial charge in [0.15, 0.2) is 25.0 Å². The van der Waals surface area contributed by atoms with Crippen molar-refractivity contribution < 1.29 is 41.6 Å². The Kier molecular flexibility index (Phi) is 12.4. The molecule has 1 rings (SSSR count). The number of hydrogen-bond donors (Lipinski definition) is 1. The summed E-state index contributed by atoms with van der Waals surface area (Å²) in [5.74, 6) is -1.31. The zero-order chi connectivity index (χ0) is 30.6. The van der Waals surface area contributed by atoms with Crippen molar-refractivity contribution in [1.82, 2.24) is 5.32 Å².